The molecule has 3 nitrogen and oxygen atoms in total. The van der Waals surface area contributed by atoms with Gasteiger partial charge in [0.1, 0.15) is 0 Å². The topological polar surface area (TPSA) is 32.7 Å². The average Bonchev–Trinajstić information content (AvgIpc) is 2.70. The van der Waals surface area contributed by atoms with E-state index >= 15 is 0 Å². The van der Waals surface area contributed by atoms with Crippen LogP contribution in [0.3, 0.4) is 0 Å². The summed E-state index contributed by atoms with van der Waals surface area (Å²) in [7, 11) is 0. The predicted octanol–water partition coefficient (Wildman–Crippen LogP) is 4.42. The third kappa shape index (κ3) is 7.30. The summed E-state index contributed by atoms with van der Waals surface area (Å²) in [6.45, 7) is 3.40. The molecule has 2 atom stereocenters. The van der Waals surface area contributed by atoms with Crippen LogP contribution in [-0.2, 0) is 17.8 Å². The van der Waals surface area contributed by atoms with Gasteiger partial charge in [-0.05, 0) is 36.3 Å². The molecule has 1 N–H and O–H groups in total. The van der Waals surface area contributed by atoms with Crippen molar-refractivity contribution in [2.24, 2.45) is 5.92 Å². The summed E-state index contributed by atoms with van der Waals surface area (Å²) in [5.41, 5.74) is 2.52. The molecule has 2 aromatic rings. The molecule has 2 aromatic carbocycles. The zero-order chi connectivity index (χ0) is 18.7. The molecule has 0 bridgehead atoms. The first kappa shape index (κ1) is 19.8. The second-order valence-electron chi connectivity index (χ2n) is 7.48. The molecular weight excluding hydrogens is 334 g/mol. The van der Waals surface area contributed by atoms with Gasteiger partial charge in [0, 0.05) is 26.2 Å². The molecule has 0 spiro atoms. The quantitative estimate of drug-likeness (QED) is 0.633. The van der Waals surface area contributed by atoms with Crippen LogP contribution in [0.15, 0.2) is 72.8 Å². The third-order valence-corrected chi connectivity index (χ3v) is 5.01. The molecule has 144 valence electrons. The molecule has 0 heterocycles. The first-order valence-corrected chi connectivity index (χ1v) is 10.0. The molecule has 1 aliphatic rings. The van der Waals surface area contributed by atoms with Crippen molar-refractivity contribution < 1.29 is 9.84 Å². The molecule has 0 saturated carbocycles. The van der Waals surface area contributed by atoms with Crippen LogP contribution in [0.4, 0.5) is 0 Å². The molecule has 3 heteroatoms. The van der Waals surface area contributed by atoms with Gasteiger partial charge >= 0.3 is 0 Å². The van der Waals surface area contributed by atoms with Gasteiger partial charge in [-0.2, -0.15) is 0 Å². The van der Waals surface area contributed by atoms with Crippen molar-refractivity contribution in [3.63, 3.8) is 0 Å². The minimum absolute atomic E-state index is 0.403. The highest BCUT2D eigenvalue weighted by Gasteiger charge is 2.15. The summed E-state index contributed by atoms with van der Waals surface area (Å²) < 4.78 is 5.83. The highest BCUT2D eigenvalue weighted by molar-refractivity contribution is 5.17. The van der Waals surface area contributed by atoms with Crippen molar-refractivity contribution in [1.82, 2.24) is 4.90 Å². The van der Waals surface area contributed by atoms with Gasteiger partial charge in [-0.25, -0.2) is 0 Å². The second kappa shape index (κ2) is 11.0. The maximum absolute atomic E-state index is 10.5. The normalized spacial score (nSPS) is 17.9. The first-order chi connectivity index (χ1) is 13.3. The van der Waals surface area contributed by atoms with Crippen LogP contribution in [0.25, 0.3) is 0 Å². The van der Waals surface area contributed by atoms with E-state index in [1.54, 1.807) is 0 Å². The van der Waals surface area contributed by atoms with Crippen LogP contribution in [-0.4, -0.2) is 35.9 Å². The maximum Gasteiger partial charge on any atom is 0.0900 e. The molecule has 0 radical (unpaired) electrons. The summed E-state index contributed by atoms with van der Waals surface area (Å²) in [6, 6.07) is 20.9. The van der Waals surface area contributed by atoms with Gasteiger partial charge in [0.25, 0.3) is 0 Å². The highest BCUT2D eigenvalue weighted by atomic mass is 16.5. The maximum atomic E-state index is 10.5. The van der Waals surface area contributed by atoms with E-state index in [0.717, 1.165) is 32.5 Å². The number of nitrogens with zero attached hydrogens (tertiary/aromatic N) is 1. The second-order valence-corrected chi connectivity index (χ2v) is 7.48. The van der Waals surface area contributed by atoms with E-state index in [0.29, 0.717) is 19.1 Å². The van der Waals surface area contributed by atoms with Gasteiger partial charge in [0.15, 0.2) is 0 Å². The largest absolute Gasteiger partial charge is 0.389 e. The van der Waals surface area contributed by atoms with Crippen molar-refractivity contribution in [3.05, 3.63) is 83.9 Å². The van der Waals surface area contributed by atoms with Gasteiger partial charge in [0.05, 0.1) is 12.7 Å². The number of benzene rings is 2. The number of rotatable bonds is 10. The molecule has 0 fully saturated rings. The molecule has 0 aromatic heterocycles. The number of hydrogen-bond donors (Lipinski definition) is 1. The monoisotopic (exact) mass is 365 g/mol. The number of allylic oxidation sites excluding steroid dienone is 2. The summed E-state index contributed by atoms with van der Waals surface area (Å²) >= 11 is 0. The molecule has 0 aliphatic heterocycles. The van der Waals surface area contributed by atoms with Gasteiger partial charge in [-0.15, -0.1) is 0 Å². The highest BCUT2D eigenvalue weighted by Crippen LogP contribution is 2.18. The molecule has 0 saturated heterocycles. The van der Waals surface area contributed by atoms with Crippen LogP contribution in [0.5, 0.6) is 0 Å². The van der Waals surface area contributed by atoms with Gasteiger partial charge < -0.3 is 9.84 Å². The van der Waals surface area contributed by atoms with Crippen LogP contribution in [0.1, 0.15) is 30.4 Å². The lowest BCUT2D eigenvalue weighted by Crippen LogP contribution is -2.34. The Morgan fingerprint density at radius 2 is 1.56 bits per heavy atom. The van der Waals surface area contributed by atoms with Crippen molar-refractivity contribution in [2.45, 2.75) is 38.5 Å². The van der Waals surface area contributed by atoms with E-state index in [2.05, 4.69) is 65.6 Å². The standard InChI is InChI=1S/C24H31NO2/c26-24(20-27-19-23-14-8-3-9-15-23)18-25(16-21-10-4-1-5-11-21)17-22-12-6-2-7-13-22/h1-8,10-13,23-24,26H,9,14-20H2/t23-,24+/m0/s1. The molecule has 0 amide bonds. The fourth-order valence-corrected chi connectivity index (χ4v) is 3.60. The number of aliphatic hydroxyl groups is 1. The Morgan fingerprint density at radius 1 is 0.926 bits per heavy atom. The Morgan fingerprint density at radius 3 is 2.11 bits per heavy atom. The number of ether oxygens (including phenoxy) is 1. The van der Waals surface area contributed by atoms with Crippen LogP contribution >= 0.6 is 0 Å². The van der Waals surface area contributed by atoms with Crippen molar-refractivity contribution in [1.29, 1.82) is 0 Å². The first-order valence-electron chi connectivity index (χ1n) is 10.0. The van der Waals surface area contributed by atoms with E-state index in [9.17, 15) is 5.11 Å². The van der Waals surface area contributed by atoms with E-state index in [-0.39, 0.29) is 0 Å². The molecular formula is C24H31NO2. The summed E-state index contributed by atoms with van der Waals surface area (Å²) in [5, 5.41) is 10.5. The molecule has 1 aliphatic carbocycles. The predicted molar refractivity (Wildman–Crippen MR) is 110 cm³/mol. The average molecular weight is 366 g/mol. The van der Waals surface area contributed by atoms with Crippen molar-refractivity contribution >= 4 is 0 Å². The van der Waals surface area contributed by atoms with Gasteiger partial charge in [-0.1, -0.05) is 72.8 Å². The van der Waals surface area contributed by atoms with E-state index in [4.69, 9.17) is 4.74 Å². The Bertz CT molecular complexity index is 630. The molecule has 3 rings (SSSR count). The molecule has 0 unspecified atom stereocenters. The minimum Gasteiger partial charge on any atom is -0.389 e. The summed E-state index contributed by atoms with van der Waals surface area (Å²) in [6.07, 6.45) is 7.46. The Labute approximate surface area is 163 Å². The summed E-state index contributed by atoms with van der Waals surface area (Å²) in [4.78, 5) is 2.29. The Kier molecular flexibility index (Phi) is 8.09. The van der Waals surface area contributed by atoms with Crippen LogP contribution < -0.4 is 0 Å². The smallest absolute Gasteiger partial charge is 0.0900 e. The summed E-state index contributed by atoms with van der Waals surface area (Å²) in [5.74, 6) is 0.604. The van der Waals surface area contributed by atoms with Crippen molar-refractivity contribution in [2.75, 3.05) is 19.8 Å². The van der Waals surface area contributed by atoms with Crippen LogP contribution in [0, 0.1) is 5.92 Å². The fraction of sp³-hybridized carbons (Fsp3) is 0.417. The fourth-order valence-electron chi connectivity index (χ4n) is 3.60. The number of hydrogen-bond acceptors (Lipinski definition) is 3. The Hall–Kier alpha value is -1.94. The van der Waals surface area contributed by atoms with E-state index in [1.807, 2.05) is 12.1 Å². The number of aliphatic hydroxyl groups excluding tert-OH is 1. The zero-order valence-electron chi connectivity index (χ0n) is 16.0. The minimum atomic E-state index is -0.475. The van der Waals surface area contributed by atoms with E-state index in [1.165, 1.54) is 17.5 Å². The lowest BCUT2D eigenvalue weighted by molar-refractivity contribution is 0.00114. The lowest BCUT2D eigenvalue weighted by atomic mass is 9.95. The lowest BCUT2D eigenvalue weighted by Gasteiger charge is -2.26. The molecule has 27 heavy (non-hydrogen) atoms. The van der Waals surface area contributed by atoms with Gasteiger partial charge in [0.2, 0.25) is 0 Å². The van der Waals surface area contributed by atoms with E-state index < -0.39 is 6.10 Å². The zero-order valence-corrected chi connectivity index (χ0v) is 16.0. The Balaban J connectivity index is 1.50. The third-order valence-electron chi connectivity index (χ3n) is 5.01. The SMILES string of the molecule is O[C@@H](COC[C@H]1CC=CCC1)CN(Cc1ccccc1)Cc1ccccc1. The van der Waals surface area contributed by atoms with Crippen LogP contribution in [0.2, 0.25) is 0 Å². The van der Waals surface area contributed by atoms with Gasteiger partial charge in [-0.3, -0.25) is 4.90 Å². The van der Waals surface area contributed by atoms with Crippen molar-refractivity contribution in [3.8, 4) is 0 Å².